The van der Waals surface area contributed by atoms with Crippen LogP contribution in [0.1, 0.15) is 135 Å². The van der Waals surface area contributed by atoms with Gasteiger partial charge in [0.05, 0.1) is 26.4 Å². The van der Waals surface area contributed by atoms with Gasteiger partial charge in [0.2, 0.25) is 6.04 Å². The van der Waals surface area contributed by atoms with E-state index >= 15 is 0 Å². The molecule has 1 aliphatic carbocycles. The van der Waals surface area contributed by atoms with Crippen molar-refractivity contribution < 1.29 is 14.3 Å². The molecule has 2 heterocycles. The average Bonchev–Trinajstić information content (AvgIpc) is 3.82. The normalized spacial score (nSPS) is 22.0. The van der Waals surface area contributed by atoms with Gasteiger partial charge in [0.1, 0.15) is 11.3 Å². The number of rotatable bonds is 21. The number of aryl methyl sites for hydroxylation is 1. The molecule has 324 valence electrons. The van der Waals surface area contributed by atoms with Gasteiger partial charge in [-0.3, -0.25) is 15.0 Å². The summed E-state index contributed by atoms with van der Waals surface area (Å²) in [5, 5.41) is 10.9. The van der Waals surface area contributed by atoms with Crippen molar-refractivity contribution in [2.75, 3.05) is 16.5 Å². The second-order valence-electron chi connectivity index (χ2n) is 16.7. The lowest BCUT2D eigenvalue weighted by Gasteiger charge is -2.28. The third kappa shape index (κ3) is 12.0. The molecule has 3 aromatic rings. The van der Waals surface area contributed by atoms with Gasteiger partial charge in [-0.1, -0.05) is 174 Å². The molecule has 0 aromatic heterocycles. The number of aliphatic imine (C=N–C) groups is 1. The summed E-state index contributed by atoms with van der Waals surface area (Å²) in [5.74, 6) is 0.168. The minimum absolute atomic E-state index is 0.0582. The number of hydrazine groups is 1. The van der Waals surface area contributed by atoms with Gasteiger partial charge in [-0.05, 0) is 75.1 Å². The Labute approximate surface area is 376 Å². The fourth-order valence-corrected chi connectivity index (χ4v) is 9.85. The second kappa shape index (κ2) is 22.2. The first-order valence-corrected chi connectivity index (χ1v) is 23.6. The Balaban J connectivity index is 1.08. The first kappa shape index (κ1) is 46.3. The van der Waals surface area contributed by atoms with Gasteiger partial charge in [-0.25, -0.2) is 10.0 Å². The van der Waals surface area contributed by atoms with E-state index in [1.165, 1.54) is 113 Å². The van der Waals surface area contributed by atoms with Crippen LogP contribution in [0.4, 0.5) is 22.7 Å². The molecule has 1 N–H and O–H groups in total. The van der Waals surface area contributed by atoms with Gasteiger partial charge in [0, 0.05) is 17.3 Å². The summed E-state index contributed by atoms with van der Waals surface area (Å²) in [6.07, 6.45) is 22.5. The van der Waals surface area contributed by atoms with Gasteiger partial charge in [0.25, 0.3) is 11.8 Å². The van der Waals surface area contributed by atoms with E-state index < -0.39 is 18.1 Å². The number of hydrogen-bond acceptors (Lipinski definition) is 6. The summed E-state index contributed by atoms with van der Waals surface area (Å²) in [4.78, 5) is 34.7. The highest BCUT2D eigenvalue weighted by atomic mass is 35.5. The molecule has 4 atom stereocenters. The van der Waals surface area contributed by atoms with E-state index in [2.05, 4.69) is 22.6 Å². The monoisotopic (exact) mass is 896 g/mol. The number of hydrogen-bond donors (Lipinski definition) is 1. The number of unbranched alkanes of at least 4 members (excludes halogenated alkanes) is 12. The molecule has 4 unspecified atom stereocenters. The van der Waals surface area contributed by atoms with E-state index in [-0.39, 0.29) is 33.1 Å². The highest BCUT2D eigenvalue weighted by molar-refractivity contribution is 6.43. The molecule has 3 aliphatic rings. The van der Waals surface area contributed by atoms with Gasteiger partial charge in [-0.2, -0.15) is 10.2 Å². The van der Waals surface area contributed by atoms with Crippen LogP contribution in [0.5, 0.6) is 0 Å². The molecular weight excluding hydrogens is 838 g/mol. The fourth-order valence-electron chi connectivity index (χ4n) is 8.70. The van der Waals surface area contributed by atoms with Crippen LogP contribution in [0, 0.1) is 12.8 Å². The number of nitrogens with one attached hydrogen (secondary N) is 1. The summed E-state index contributed by atoms with van der Waals surface area (Å²) >= 11 is 26.0. The lowest BCUT2D eigenvalue weighted by atomic mass is 9.77. The summed E-state index contributed by atoms with van der Waals surface area (Å²) in [6, 6.07) is 14.5. The van der Waals surface area contributed by atoms with Crippen LogP contribution in [0.15, 0.2) is 69.8 Å². The molecule has 13 heteroatoms. The molecular formula is C47H60Cl4N6O3. The zero-order valence-electron chi connectivity index (χ0n) is 35.3. The summed E-state index contributed by atoms with van der Waals surface area (Å²) < 4.78 is 6.35. The standard InChI is InChI=1S/C47H60Cl4N6O3/c1-4-6-7-8-9-10-11-12-13-14-15-16-17-19-33-20-18-27-47(31-33)43(60-47)46(59)56(5-2)36-25-26-37(49)40(30-36)52-44-41(54-53-35-23-21-32(3)22-24-35)45(58)57(55-44)42-38(50)28-34(48)29-39(42)51/h21-26,28-30,33,41,43H,4-20,27,31H2,1-3H3,(H,52,55). The number of amides is 2. The van der Waals surface area contributed by atoms with Gasteiger partial charge < -0.3 is 9.64 Å². The number of carbonyl (C=O) groups excluding carboxylic acids is 2. The Bertz CT molecular complexity index is 1970. The molecule has 0 bridgehead atoms. The number of carbonyl (C=O) groups is 2. The number of ether oxygens (including phenoxy) is 1. The molecule has 60 heavy (non-hydrogen) atoms. The van der Waals surface area contributed by atoms with Crippen molar-refractivity contribution in [3.63, 3.8) is 0 Å². The number of anilines is 2. The summed E-state index contributed by atoms with van der Waals surface area (Å²) in [6.45, 7) is 6.63. The molecule has 6 rings (SSSR count). The minimum atomic E-state index is -1.18. The third-order valence-electron chi connectivity index (χ3n) is 12.1. The van der Waals surface area contributed by atoms with Crippen LogP contribution >= 0.6 is 46.4 Å². The van der Waals surface area contributed by atoms with E-state index in [0.29, 0.717) is 39.6 Å². The number of amidine groups is 1. The largest absolute Gasteiger partial charge is 0.356 e. The van der Waals surface area contributed by atoms with Crippen molar-refractivity contribution in [3.05, 3.63) is 80.3 Å². The van der Waals surface area contributed by atoms with Crippen LogP contribution in [0.2, 0.25) is 20.1 Å². The topological polar surface area (TPSA) is 102 Å². The first-order valence-electron chi connectivity index (χ1n) is 22.1. The second-order valence-corrected chi connectivity index (χ2v) is 18.4. The van der Waals surface area contributed by atoms with Crippen LogP contribution in [-0.2, 0) is 14.3 Å². The molecule has 1 spiro atoms. The van der Waals surface area contributed by atoms with Crippen molar-refractivity contribution in [3.8, 4) is 0 Å². The lowest BCUT2D eigenvalue weighted by Crippen LogP contribution is -2.38. The van der Waals surface area contributed by atoms with E-state index in [1.54, 1.807) is 17.0 Å². The number of azo groups is 1. The molecule has 9 nitrogen and oxygen atoms in total. The van der Waals surface area contributed by atoms with Gasteiger partial charge in [-0.15, -0.1) is 0 Å². The SMILES string of the molecule is CCCCCCCCCCCCCCCC1CCCC2(C1)OC2C(=O)N(CC)c1ccc(Cl)c(N=C2NN(c3c(Cl)cc(Cl)cc3Cl)C(=O)C2N=Nc2ccc(C)cc2)c1. The summed E-state index contributed by atoms with van der Waals surface area (Å²) in [7, 11) is 0. The van der Waals surface area contributed by atoms with Crippen molar-refractivity contribution in [2.45, 2.75) is 154 Å². The zero-order valence-corrected chi connectivity index (χ0v) is 38.4. The Kier molecular flexibility index (Phi) is 17.2. The molecule has 2 saturated heterocycles. The van der Waals surface area contributed by atoms with Crippen molar-refractivity contribution in [2.24, 2.45) is 21.1 Å². The average molecular weight is 899 g/mol. The van der Waals surface area contributed by atoms with Gasteiger partial charge in [0.15, 0.2) is 11.9 Å². The predicted molar refractivity (Wildman–Crippen MR) is 248 cm³/mol. The summed E-state index contributed by atoms with van der Waals surface area (Å²) in [5.41, 5.74) is 5.44. The maximum Gasteiger partial charge on any atom is 0.280 e. The quantitative estimate of drug-likeness (QED) is 0.0653. The maximum absolute atomic E-state index is 14.2. The number of nitrogens with zero attached hydrogens (tertiary/aromatic N) is 5. The van der Waals surface area contributed by atoms with Gasteiger partial charge >= 0.3 is 0 Å². The zero-order chi connectivity index (χ0) is 42.6. The molecule has 3 fully saturated rings. The van der Waals surface area contributed by atoms with E-state index in [4.69, 9.17) is 56.1 Å². The molecule has 3 aromatic carbocycles. The van der Waals surface area contributed by atoms with Crippen LogP contribution in [0.25, 0.3) is 0 Å². The molecule has 1 saturated carbocycles. The van der Waals surface area contributed by atoms with Crippen molar-refractivity contribution in [1.29, 1.82) is 0 Å². The van der Waals surface area contributed by atoms with E-state index in [1.807, 2.05) is 44.2 Å². The highest BCUT2D eigenvalue weighted by Gasteiger charge is 2.62. The first-order chi connectivity index (χ1) is 29.0. The maximum atomic E-state index is 14.2. The highest BCUT2D eigenvalue weighted by Crippen LogP contribution is 2.52. The predicted octanol–water partition coefficient (Wildman–Crippen LogP) is 14.5. The smallest absolute Gasteiger partial charge is 0.280 e. The fraction of sp³-hybridized carbons (Fsp3) is 0.553. The number of epoxide rings is 1. The van der Waals surface area contributed by atoms with Crippen molar-refractivity contribution in [1.82, 2.24) is 5.43 Å². The third-order valence-corrected chi connectivity index (χ3v) is 13.2. The Morgan fingerprint density at radius 2 is 1.48 bits per heavy atom. The Hall–Kier alpha value is -3.21. The van der Waals surface area contributed by atoms with Crippen molar-refractivity contribution >= 4 is 86.8 Å². The van der Waals surface area contributed by atoms with Crippen LogP contribution in [-0.4, -0.2) is 41.9 Å². The molecule has 2 aliphatic heterocycles. The van der Waals surface area contributed by atoms with Crippen LogP contribution in [0.3, 0.4) is 0 Å². The molecule has 2 amide bonds. The number of benzene rings is 3. The Morgan fingerprint density at radius 1 is 0.850 bits per heavy atom. The van der Waals surface area contributed by atoms with E-state index in [9.17, 15) is 9.59 Å². The van der Waals surface area contributed by atoms with E-state index in [0.717, 1.165) is 24.8 Å². The van der Waals surface area contributed by atoms with Crippen LogP contribution < -0.4 is 15.3 Å². The molecule has 0 radical (unpaired) electrons. The Morgan fingerprint density at radius 3 is 2.12 bits per heavy atom. The lowest BCUT2D eigenvalue weighted by molar-refractivity contribution is -0.120. The number of halogens is 4. The minimum Gasteiger partial charge on any atom is -0.356 e. The number of likely N-dealkylation sites (N-methyl/N-ethyl adjacent to an activating group) is 1.